The van der Waals surface area contributed by atoms with Crippen molar-refractivity contribution in [3.05, 3.63) is 23.8 Å². The fraction of sp³-hybridized carbons (Fsp3) is 0.800. The first-order valence-electron chi connectivity index (χ1n) is 8.60. The molecule has 0 heteroatoms. The Balaban J connectivity index is 2.22. The normalized spacial score (nSPS) is 37.6. The molecule has 0 aromatic heterocycles. The van der Waals surface area contributed by atoms with E-state index in [2.05, 4.69) is 47.3 Å². The molecule has 0 spiro atoms. The van der Waals surface area contributed by atoms with Gasteiger partial charge in [0.1, 0.15) is 0 Å². The number of hydrogen-bond acceptors (Lipinski definition) is 0. The summed E-state index contributed by atoms with van der Waals surface area (Å²) in [5.74, 6) is 1.64. The Hall–Kier alpha value is -0.520. The van der Waals surface area contributed by atoms with Crippen LogP contribution in [0.4, 0.5) is 0 Å². The Morgan fingerprint density at radius 3 is 2.65 bits per heavy atom. The van der Waals surface area contributed by atoms with E-state index >= 15 is 0 Å². The van der Waals surface area contributed by atoms with Crippen LogP contribution in [-0.2, 0) is 0 Å². The molecule has 0 aromatic carbocycles. The summed E-state index contributed by atoms with van der Waals surface area (Å²) in [5, 5.41) is 0. The van der Waals surface area contributed by atoms with Gasteiger partial charge in [0.15, 0.2) is 0 Å². The predicted molar refractivity (Wildman–Crippen MR) is 89.8 cm³/mol. The third-order valence-corrected chi connectivity index (χ3v) is 6.64. The summed E-state index contributed by atoms with van der Waals surface area (Å²) in [6.07, 6.45) is 11.7. The Kier molecular flexibility index (Phi) is 4.52. The highest BCUT2D eigenvalue weighted by Gasteiger charge is 2.52. The molecule has 2 fully saturated rings. The molecule has 3 atom stereocenters. The van der Waals surface area contributed by atoms with Crippen LogP contribution in [0.5, 0.6) is 0 Å². The van der Waals surface area contributed by atoms with Crippen molar-refractivity contribution >= 4 is 0 Å². The predicted octanol–water partition coefficient (Wildman–Crippen LogP) is 6.53. The van der Waals surface area contributed by atoms with Crippen LogP contribution >= 0.6 is 0 Å². The molecule has 0 aromatic rings. The lowest BCUT2D eigenvalue weighted by molar-refractivity contribution is -0.0539. The standard InChI is InChI=1S/C20H34/c1-7-15(2)9-11-17-16(3)10-12-18-19(4,5)13-8-14-20(17,18)6/h7,17-18H,3,8-14H2,1-2,4-6H3/b15-7-/t17-,18-,20+/m0/s1. The molecule has 2 rings (SSSR count). The highest BCUT2D eigenvalue weighted by atomic mass is 14.6. The van der Waals surface area contributed by atoms with Gasteiger partial charge in [-0.25, -0.2) is 0 Å². The molecule has 0 bridgehead atoms. The van der Waals surface area contributed by atoms with E-state index in [1.165, 1.54) is 44.9 Å². The monoisotopic (exact) mass is 274 g/mol. The van der Waals surface area contributed by atoms with Crippen molar-refractivity contribution in [2.24, 2.45) is 22.7 Å². The molecule has 2 aliphatic carbocycles. The quantitative estimate of drug-likeness (QED) is 0.513. The molecule has 0 aliphatic heterocycles. The van der Waals surface area contributed by atoms with Gasteiger partial charge in [0.25, 0.3) is 0 Å². The molecular weight excluding hydrogens is 240 g/mol. The number of hydrogen-bond donors (Lipinski definition) is 0. The zero-order chi connectivity index (χ0) is 15.0. The maximum atomic E-state index is 4.46. The van der Waals surface area contributed by atoms with E-state index in [1.807, 2.05) is 0 Å². The molecule has 2 aliphatic rings. The minimum absolute atomic E-state index is 0.505. The Bertz CT molecular complexity index is 398. The first-order valence-corrected chi connectivity index (χ1v) is 8.60. The summed E-state index contributed by atoms with van der Waals surface area (Å²) in [5.41, 5.74) is 4.12. The molecule has 0 radical (unpaired) electrons. The first-order chi connectivity index (χ1) is 9.31. The van der Waals surface area contributed by atoms with Crippen molar-refractivity contribution < 1.29 is 0 Å². The zero-order valence-electron chi connectivity index (χ0n) is 14.4. The second-order valence-corrected chi connectivity index (χ2v) is 8.32. The second-order valence-electron chi connectivity index (χ2n) is 8.32. The van der Waals surface area contributed by atoms with Crippen LogP contribution in [0.2, 0.25) is 0 Å². The van der Waals surface area contributed by atoms with Gasteiger partial charge in [-0.3, -0.25) is 0 Å². The number of allylic oxidation sites excluding steroid dienone is 3. The van der Waals surface area contributed by atoms with E-state index in [0.29, 0.717) is 10.8 Å². The zero-order valence-corrected chi connectivity index (χ0v) is 14.4. The van der Waals surface area contributed by atoms with Gasteiger partial charge in [0.2, 0.25) is 0 Å². The van der Waals surface area contributed by atoms with Crippen molar-refractivity contribution in [1.29, 1.82) is 0 Å². The topological polar surface area (TPSA) is 0 Å². The van der Waals surface area contributed by atoms with Gasteiger partial charge in [-0.2, -0.15) is 0 Å². The fourth-order valence-electron chi connectivity index (χ4n) is 5.32. The van der Waals surface area contributed by atoms with Gasteiger partial charge in [0.05, 0.1) is 0 Å². The van der Waals surface area contributed by atoms with Gasteiger partial charge >= 0.3 is 0 Å². The molecular formula is C20H34. The summed E-state index contributed by atoms with van der Waals surface area (Å²) in [6.45, 7) is 16.5. The largest absolute Gasteiger partial charge is 0.0996 e. The Morgan fingerprint density at radius 2 is 2.00 bits per heavy atom. The Labute approximate surface area is 126 Å². The van der Waals surface area contributed by atoms with Crippen LogP contribution in [0, 0.1) is 22.7 Å². The van der Waals surface area contributed by atoms with E-state index in [0.717, 1.165) is 11.8 Å². The van der Waals surface area contributed by atoms with Crippen LogP contribution in [0.25, 0.3) is 0 Å². The van der Waals surface area contributed by atoms with Crippen LogP contribution in [0.3, 0.4) is 0 Å². The SMILES string of the molecule is C=C1CC[C@H]2C(C)(C)CCC[C@]2(C)[C@H]1CC/C(C)=C\C. The van der Waals surface area contributed by atoms with Gasteiger partial charge in [-0.15, -0.1) is 0 Å². The van der Waals surface area contributed by atoms with Crippen LogP contribution in [0.1, 0.15) is 79.6 Å². The van der Waals surface area contributed by atoms with Gasteiger partial charge in [-0.1, -0.05) is 51.0 Å². The summed E-state index contributed by atoms with van der Waals surface area (Å²) in [6, 6.07) is 0. The van der Waals surface area contributed by atoms with Crippen molar-refractivity contribution in [2.45, 2.75) is 79.6 Å². The average molecular weight is 274 g/mol. The first kappa shape index (κ1) is 15.9. The maximum absolute atomic E-state index is 4.46. The summed E-state index contributed by atoms with van der Waals surface area (Å²) < 4.78 is 0. The minimum atomic E-state index is 0.505. The van der Waals surface area contributed by atoms with E-state index < -0.39 is 0 Å². The molecule has 0 heterocycles. The lowest BCUT2D eigenvalue weighted by Crippen LogP contribution is -2.49. The molecule has 114 valence electrons. The fourth-order valence-corrected chi connectivity index (χ4v) is 5.32. The molecule has 0 saturated heterocycles. The van der Waals surface area contributed by atoms with Crippen molar-refractivity contribution in [1.82, 2.24) is 0 Å². The van der Waals surface area contributed by atoms with Crippen molar-refractivity contribution in [2.75, 3.05) is 0 Å². The summed E-state index contributed by atoms with van der Waals surface area (Å²) >= 11 is 0. The molecule has 2 saturated carbocycles. The molecule has 0 nitrogen and oxygen atoms in total. The lowest BCUT2D eigenvalue weighted by atomic mass is 9.47. The maximum Gasteiger partial charge on any atom is -0.0146 e. The van der Waals surface area contributed by atoms with Crippen molar-refractivity contribution in [3.8, 4) is 0 Å². The van der Waals surface area contributed by atoms with E-state index in [4.69, 9.17) is 0 Å². The lowest BCUT2D eigenvalue weighted by Gasteiger charge is -2.58. The Morgan fingerprint density at radius 1 is 1.30 bits per heavy atom. The summed E-state index contributed by atoms with van der Waals surface area (Å²) in [4.78, 5) is 0. The van der Waals surface area contributed by atoms with Gasteiger partial charge in [0, 0.05) is 0 Å². The molecule has 0 N–H and O–H groups in total. The third kappa shape index (κ3) is 2.76. The highest BCUT2D eigenvalue weighted by molar-refractivity contribution is 5.16. The second kappa shape index (κ2) is 5.70. The van der Waals surface area contributed by atoms with Crippen LogP contribution in [0.15, 0.2) is 23.8 Å². The van der Waals surface area contributed by atoms with E-state index in [9.17, 15) is 0 Å². The minimum Gasteiger partial charge on any atom is -0.0996 e. The smallest absolute Gasteiger partial charge is 0.0146 e. The van der Waals surface area contributed by atoms with E-state index in [-0.39, 0.29) is 0 Å². The highest BCUT2D eigenvalue weighted by Crippen LogP contribution is 2.61. The number of rotatable bonds is 3. The van der Waals surface area contributed by atoms with Crippen LogP contribution < -0.4 is 0 Å². The molecule has 20 heavy (non-hydrogen) atoms. The molecule has 0 unspecified atom stereocenters. The average Bonchev–Trinajstić information content (AvgIpc) is 2.36. The van der Waals surface area contributed by atoms with E-state index in [1.54, 1.807) is 11.1 Å². The van der Waals surface area contributed by atoms with Crippen LogP contribution in [-0.4, -0.2) is 0 Å². The van der Waals surface area contributed by atoms with Crippen molar-refractivity contribution in [3.63, 3.8) is 0 Å². The van der Waals surface area contributed by atoms with Gasteiger partial charge < -0.3 is 0 Å². The summed E-state index contributed by atoms with van der Waals surface area (Å²) in [7, 11) is 0. The number of fused-ring (bicyclic) bond motifs is 1. The van der Waals surface area contributed by atoms with Gasteiger partial charge in [-0.05, 0) is 75.0 Å². The third-order valence-electron chi connectivity index (χ3n) is 6.64. The molecule has 0 amide bonds.